The van der Waals surface area contributed by atoms with Gasteiger partial charge in [-0.2, -0.15) is 0 Å². The minimum atomic E-state index is -0.988. The molecule has 2 saturated heterocycles. The van der Waals surface area contributed by atoms with Crippen LogP contribution in [0.5, 0.6) is 5.88 Å². The summed E-state index contributed by atoms with van der Waals surface area (Å²) in [7, 11) is 0. The number of amides is 4. The molecule has 4 aliphatic rings. The number of piperidine rings is 2. The van der Waals surface area contributed by atoms with Gasteiger partial charge >= 0.3 is 0 Å². The first-order chi connectivity index (χ1) is 27.3. The molecule has 0 saturated carbocycles. The van der Waals surface area contributed by atoms with Crippen LogP contribution in [-0.2, 0) is 16.1 Å². The lowest BCUT2D eigenvalue weighted by Gasteiger charge is -2.29. The predicted molar refractivity (Wildman–Crippen MR) is 209 cm³/mol. The van der Waals surface area contributed by atoms with E-state index < -0.39 is 29.7 Å². The van der Waals surface area contributed by atoms with E-state index in [0.29, 0.717) is 24.0 Å². The summed E-state index contributed by atoms with van der Waals surface area (Å²) in [6.07, 6.45) is 5.74. The Bertz CT molecular complexity index is 2500. The van der Waals surface area contributed by atoms with Crippen molar-refractivity contribution >= 4 is 51.9 Å². The van der Waals surface area contributed by atoms with Crippen LogP contribution in [0.1, 0.15) is 63.1 Å². The number of hydrogen-bond acceptors (Lipinski definition) is 11. The molecule has 6 heterocycles. The van der Waals surface area contributed by atoms with E-state index in [1.54, 1.807) is 18.2 Å². The number of nitrogens with zero attached hydrogens (tertiary/aromatic N) is 5. The van der Waals surface area contributed by atoms with Gasteiger partial charge in [0.1, 0.15) is 18.3 Å². The molecule has 4 amide bonds. The number of benzene rings is 3. The molecule has 1 atom stereocenters. The number of hydrogen-bond donors (Lipinski definition) is 3. The molecule has 56 heavy (non-hydrogen) atoms. The van der Waals surface area contributed by atoms with Crippen molar-refractivity contribution in [2.24, 2.45) is 5.92 Å². The first kappa shape index (κ1) is 35.1. The van der Waals surface area contributed by atoms with Crippen LogP contribution >= 0.6 is 0 Å². The molecule has 4 aliphatic heterocycles. The molecule has 13 heteroatoms. The van der Waals surface area contributed by atoms with E-state index in [-0.39, 0.29) is 29.9 Å². The first-order valence-electron chi connectivity index (χ1n) is 18.9. The van der Waals surface area contributed by atoms with Gasteiger partial charge in [-0.3, -0.25) is 34.3 Å². The molecular formula is C43H38N8O5. The topological polar surface area (TPSA) is 159 Å². The lowest BCUT2D eigenvalue weighted by molar-refractivity contribution is -0.136. The van der Waals surface area contributed by atoms with Crippen LogP contribution in [-0.4, -0.2) is 80.7 Å². The molecule has 0 bridgehead atoms. The van der Waals surface area contributed by atoms with Crippen molar-refractivity contribution in [3.05, 3.63) is 101 Å². The summed E-state index contributed by atoms with van der Waals surface area (Å²) in [5, 5.41) is 9.94. The summed E-state index contributed by atoms with van der Waals surface area (Å²) in [5.41, 5.74) is 8.18. The quantitative estimate of drug-likeness (QED) is 0.155. The van der Waals surface area contributed by atoms with Crippen molar-refractivity contribution in [3.8, 4) is 28.8 Å². The van der Waals surface area contributed by atoms with Crippen LogP contribution in [0.4, 0.5) is 17.3 Å². The molecule has 0 radical (unpaired) electrons. The molecule has 0 spiro atoms. The normalized spacial score (nSPS) is 18.4. The van der Waals surface area contributed by atoms with Crippen molar-refractivity contribution in [2.75, 3.05) is 36.9 Å². The highest BCUT2D eigenvalue weighted by Crippen LogP contribution is 2.36. The molecular weight excluding hydrogens is 709 g/mol. The van der Waals surface area contributed by atoms with Gasteiger partial charge in [0.2, 0.25) is 23.6 Å². The monoisotopic (exact) mass is 746 g/mol. The van der Waals surface area contributed by atoms with Crippen molar-refractivity contribution in [2.45, 2.75) is 45.2 Å². The zero-order chi connectivity index (χ0) is 38.3. The third-order valence-corrected chi connectivity index (χ3v) is 10.9. The van der Waals surface area contributed by atoms with Gasteiger partial charge in [0.15, 0.2) is 0 Å². The number of imide groups is 2. The van der Waals surface area contributed by atoms with E-state index in [0.717, 1.165) is 82.9 Å². The SMILES string of the molecule is Cc1c(-c2ccc3cnc(Nc4ccc(CN5CCC(C#Cc6ccc7c(c6)C(=O)N(C6CCC(=O)NC6=O)C7=O)CC5)cc4)nc3c2)cnc2c1NCCO2. The van der Waals surface area contributed by atoms with Crippen LogP contribution in [0.25, 0.3) is 22.0 Å². The number of carbonyl (C=O) groups excluding carboxylic acids is 4. The highest BCUT2D eigenvalue weighted by atomic mass is 16.5. The van der Waals surface area contributed by atoms with E-state index in [1.165, 1.54) is 5.56 Å². The maximum Gasteiger partial charge on any atom is 0.262 e. The highest BCUT2D eigenvalue weighted by molar-refractivity contribution is 6.23. The number of ether oxygens (including phenoxy) is 1. The van der Waals surface area contributed by atoms with E-state index in [4.69, 9.17) is 9.72 Å². The van der Waals surface area contributed by atoms with Gasteiger partial charge in [-0.1, -0.05) is 36.1 Å². The van der Waals surface area contributed by atoms with Crippen molar-refractivity contribution in [1.82, 2.24) is 30.1 Å². The molecule has 2 aromatic heterocycles. The molecule has 1 unspecified atom stereocenters. The lowest BCUT2D eigenvalue weighted by Crippen LogP contribution is -2.54. The summed E-state index contributed by atoms with van der Waals surface area (Å²) in [4.78, 5) is 67.4. The molecule has 3 aromatic carbocycles. The second-order valence-electron chi connectivity index (χ2n) is 14.6. The smallest absolute Gasteiger partial charge is 0.262 e. The van der Waals surface area contributed by atoms with E-state index in [1.807, 2.05) is 30.6 Å². The van der Waals surface area contributed by atoms with Gasteiger partial charge in [0.25, 0.3) is 11.8 Å². The molecule has 9 rings (SSSR count). The standard InChI is InChI=1S/C43H38N8O5/c1-25-34(23-45-40-38(25)44-16-19-56-40)29-7-8-30-22-46-43(48-35(30)21-29)47-31-9-4-28(5-10-31)24-50-17-14-26(15-18-50)2-3-27-6-11-32-33(20-27)42(55)51(41(32)54)36-12-13-37(52)49-39(36)53/h4-11,20-23,26,36,44H,12-19,24H2,1H3,(H,46,47,48)(H,49,52,53). The average Bonchev–Trinajstić information content (AvgIpc) is 3.46. The van der Waals surface area contributed by atoms with E-state index in [2.05, 4.69) is 73.8 Å². The second-order valence-corrected chi connectivity index (χ2v) is 14.6. The van der Waals surface area contributed by atoms with Gasteiger partial charge in [0.05, 0.1) is 16.6 Å². The molecule has 3 N–H and O–H groups in total. The van der Waals surface area contributed by atoms with Crippen LogP contribution in [0, 0.1) is 24.7 Å². The van der Waals surface area contributed by atoms with E-state index in [9.17, 15) is 19.2 Å². The number of anilines is 3. The number of likely N-dealkylation sites (tertiary alicyclic amines) is 1. The van der Waals surface area contributed by atoms with Crippen molar-refractivity contribution in [1.29, 1.82) is 0 Å². The Hall–Kier alpha value is -6.65. The number of nitrogens with one attached hydrogen (secondary N) is 3. The third kappa shape index (κ3) is 6.80. The van der Waals surface area contributed by atoms with Gasteiger partial charge in [-0.15, -0.1) is 0 Å². The van der Waals surface area contributed by atoms with Crippen LogP contribution in [0.3, 0.4) is 0 Å². The summed E-state index contributed by atoms with van der Waals surface area (Å²) >= 11 is 0. The summed E-state index contributed by atoms with van der Waals surface area (Å²) in [5.74, 6) is 5.90. The third-order valence-electron chi connectivity index (χ3n) is 10.9. The van der Waals surface area contributed by atoms with Gasteiger partial charge < -0.3 is 15.4 Å². The van der Waals surface area contributed by atoms with Gasteiger partial charge in [0, 0.05) is 60.0 Å². The fourth-order valence-corrected chi connectivity index (χ4v) is 7.81. The maximum absolute atomic E-state index is 13.2. The maximum atomic E-state index is 13.2. The Labute approximate surface area is 322 Å². The molecule has 280 valence electrons. The Kier molecular flexibility index (Phi) is 9.11. The fraction of sp³-hybridized carbons (Fsp3) is 0.279. The summed E-state index contributed by atoms with van der Waals surface area (Å²) in [6, 6.07) is 18.5. The molecule has 5 aromatic rings. The van der Waals surface area contributed by atoms with Gasteiger partial charge in [-0.25, -0.2) is 15.0 Å². The fourth-order valence-electron chi connectivity index (χ4n) is 7.81. The van der Waals surface area contributed by atoms with Crippen molar-refractivity contribution in [3.63, 3.8) is 0 Å². The average molecular weight is 747 g/mol. The minimum absolute atomic E-state index is 0.0820. The Balaban J connectivity index is 0.791. The van der Waals surface area contributed by atoms with Crippen LogP contribution < -0.4 is 20.7 Å². The molecule has 13 nitrogen and oxygen atoms in total. The molecule has 0 aliphatic carbocycles. The Morgan fingerprint density at radius 1 is 0.893 bits per heavy atom. The zero-order valence-electron chi connectivity index (χ0n) is 30.7. The number of aromatic nitrogens is 3. The second kappa shape index (κ2) is 14.5. The summed E-state index contributed by atoms with van der Waals surface area (Å²) < 4.78 is 5.70. The van der Waals surface area contributed by atoms with Crippen LogP contribution in [0.2, 0.25) is 0 Å². The number of pyridine rings is 1. The van der Waals surface area contributed by atoms with E-state index >= 15 is 0 Å². The number of carbonyl (C=O) groups is 4. The minimum Gasteiger partial charge on any atom is -0.474 e. The zero-order valence-corrected chi connectivity index (χ0v) is 30.7. The summed E-state index contributed by atoms with van der Waals surface area (Å²) in [6.45, 7) is 6.10. The van der Waals surface area contributed by atoms with Gasteiger partial charge in [-0.05, 0) is 92.4 Å². The van der Waals surface area contributed by atoms with Crippen LogP contribution in [0.15, 0.2) is 73.1 Å². The Morgan fingerprint density at radius 2 is 1.71 bits per heavy atom. The number of rotatable bonds is 6. The van der Waals surface area contributed by atoms with Crippen molar-refractivity contribution < 1.29 is 23.9 Å². The molecule has 2 fully saturated rings. The number of fused-ring (bicyclic) bond motifs is 3. The first-order valence-corrected chi connectivity index (χ1v) is 18.9. The largest absolute Gasteiger partial charge is 0.474 e. The lowest BCUT2D eigenvalue weighted by atomic mass is 9.96. The Morgan fingerprint density at radius 3 is 2.54 bits per heavy atom. The predicted octanol–water partition coefficient (Wildman–Crippen LogP) is 5.21. The highest BCUT2D eigenvalue weighted by Gasteiger charge is 2.44.